The Morgan fingerprint density at radius 1 is 0.774 bits per heavy atom. The molecule has 0 fully saturated rings. The molecule has 0 saturated carbocycles. The molecule has 0 radical (unpaired) electrons. The second-order valence-electron chi connectivity index (χ2n) is 8.11. The van der Waals surface area contributed by atoms with Crippen molar-refractivity contribution in [2.24, 2.45) is 0 Å². The Morgan fingerprint density at radius 3 is 2.06 bits per heavy atom. The summed E-state index contributed by atoms with van der Waals surface area (Å²) in [4.78, 5) is 9.78. The molecule has 0 amide bonds. The maximum atomic E-state index is 5.84. The van der Waals surface area contributed by atoms with Crippen LogP contribution in [-0.4, -0.2) is 60.7 Å². The molecule has 0 spiro atoms. The number of aromatic nitrogens is 2. The molecule has 0 aliphatic heterocycles. The van der Waals surface area contributed by atoms with Gasteiger partial charge >= 0.3 is 164 Å². The van der Waals surface area contributed by atoms with E-state index < -0.39 is 18.4 Å². The average molecular weight is 581 g/mol. The Hall–Kier alpha value is -1.04. The van der Waals surface area contributed by atoms with Crippen molar-refractivity contribution in [1.29, 1.82) is 0 Å². The number of fused-ring (bicyclic) bond motifs is 1. The summed E-state index contributed by atoms with van der Waals surface area (Å²) in [5, 5.41) is 0.881. The topological polar surface area (TPSA) is 53.5 Å². The van der Waals surface area contributed by atoms with Gasteiger partial charge in [0.1, 0.15) is 0 Å². The number of nitrogens with zero attached hydrogens (tertiary/aromatic N) is 2. The van der Waals surface area contributed by atoms with Crippen LogP contribution in [0.5, 0.6) is 5.06 Å². The van der Waals surface area contributed by atoms with Gasteiger partial charge < -0.3 is 9.47 Å². The Labute approximate surface area is 199 Å². The third kappa shape index (κ3) is 5.48. The Morgan fingerprint density at radius 2 is 1.42 bits per heavy atom. The molecule has 0 saturated heterocycles. The van der Waals surface area contributed by atoms with Crippen molar-refractivity contribution in [1.82, 2.24) is 8.75 Å². The molecule has 0 atom stereocenters. The predicted octanol–water partition coefficient (Wildman–Crippen LogP) is 5.74. The van der Waals surface area contributed by atoms with Gasteiger partial charge in [-0.1, -0.05) is 0 Å². The summed E-state index contributed by atoms with van der Waals surface area (Å²) < 4.78 is 27.1. The number of hydrogen-bond donors (Lipinski definition) is 0. The van der Waals surface area contributed by atoms with Gasteiger partial charge in [-0.25, -0.2) is 0 Å². The van der Waals surface area contributed by atoms with E-state index in [1.807, 2.05) is 17.4 Å². The van der Waals surface area contributed by atoms with Gasteiger partial charge in [0.2, 0.25) is 0 Å². The number of thiophene rings is 2. The van der Waals surface area contributed by atoms with Crippen molar-refractivity contribution in [2.75, 3.05) is 33.5 Å². The zero-order chi connectivity index (χ0) is 21.8. The zero-order valence-electron chi connectivity index (χ0n) is 18.1. The monoisotopic (exact) mass is 582 g/mol. The maximum absolute atomic E-state index is 5.84. The Balaban J connectivity index is 1.53. The number of benzene rings is 1. The molecule has 3 aromatic heterocycles. The van der Waals surface area contributed by atoms with Gasteiger partial charge in [-0.15, -0.1) is 0 Å². The van der Waals surface area contributed by atoms with Gasteiger partial charge in [0.15, 0.2) is 0 Å². The van der Waals surface area contributed by atoms with Crippen LogP contribution in [0.4, 0.5) is 0 Å². The SMILES string of the molecule is COCCOCCOc1ccc(-c2ccc(-c3cc[c]([Sn]([CH3])([CH3])[CH3])s3)c3nsnc23)s1. The first-order chi connectivity index (χ1) is 15.0. The minimum atomic E-state index is -2.07. The van der Waals surface area contributed by atoms with Crippen molar-refractivity contribution in [3.05, 3.63) is 36.4 Å². The van der Waals surface area contributed by atoms with Crippen molar-refractivity contribution in [3.8, 4) is 25.9 Å². The molecule has 9 heteroatoms. The van der Waals surface area contributed by atoms with E-state index in [0.29, 0.717) is 26.4 Å². The predicted molar refractivity (Wildman–Crippen MR) is 135 cm³/mol. The zero-order valence-corrected chi connectivity index (χ0v) is 23.4. The van der Waals surface area contributed by atoms with E-state index in [2.05, 4.69) is 53.9 Å². The standard InChI is InChI=1S/C19H17N2O3S3.3CH3.Sn/c1-22-8-9-23-10-11-24-17-7-6-16(26-17)14-5-4-13(15-3-2-12-25-15)18-19(14)21-27-20-18;;;;/h2-7H,8-11H2,1H3;3*1H3;. The summed E-state index contributed by atoms with van der Waals surface area (Å²) >= 11 is 2.76. The van der Waals surface area contributed by atoms with Gasteiger partial charge in [-0.05, 0) is 0 Å². The Kier molecular flexibility index (Phi) is 7.66. The molecule has 0 aliphatic rings. The first kappa shape index (κ1) is 23.1. The van der Waals surface area contributed by atoms with Gasteiger partial charge in [0.25, 0.3) is 0 Å². The molecule has 0 N–H and O–H groups in total. The fraction of sp³-hybridized carbons (Fsp3) is 0.364. The summed E-state index contributed by atoms with van der Waals surface area (Å²) in [5.74, 6) is 0. The first-order valence-corrected chi connectivity index (χ1v) is 22.5. The molecule has 0 bridgehead atoms. The summed E-state index contributed by atoms with van der Waals surface area (Å²) in [6.45, 7) is 2.26. The molecule has 31 heavy (non-hydrogen) atoms. The van der Waals surface area contributed by atoms with Crippen LogP contribution in [0.2, 0.25) is 14.8 Å². The van der Waals surface area contributed by atoms with Crippen LogP contribution in [0.1, 0.15) is 0 Å². The number of methoxy groups -OCH3 is 1. The summed E-state index contributed by atoms with van der Waals surface area (Å²) in [5.41, 5.74) is 4.24. The fourth-order valence-corrected chi connectivity index (χ4v) is 10.9. The van der Waals surface area contributed by atoms with Gasteiger partial charge in [0, 0.05) is 7.11 Å². The summed E-state index contributed by atoms with van der Waals surface area (Å²) in [7, 11) is 1.67. The van der Waals surface area contributed by atoms with Crippen LogP contribution in [0.3, 0.4) is 0 Å². The third-order valence-corrected chi connectivity index (χ3v) is 16.9. The average Bonchev–Trinajstić information content (AvgIpc) is 3.50. The fourth-order valence-electron chi connectivity index (χ4n) is 3.14. The molecule has 5 nitrogen and oxygen atoms in total. The second-order valence-corrected chi connectivity index (χ2v) is 26.2. The van der Waals surface area contributed by atoms with E-state index >= 15 is 0 Å². The van der Waals surface area contributed by atoms with Gasteiger partial charge in [0.05, 0.1) is 19.8 Å². The minimum absolute atomic E-state index is 0.524. The van der Waals surface area contributed by atoms with Crippen molar-refractivity contribution >= 4 is 66.7 Å². The molecule has 0 aliphatic carbocycles. The molecule has 1 aromatic carbocycles. The van der Waals surface area contributed by atoms with Crippen LogP contribution in [0.15, 0.2) is 36.4 Å². The molecular weight excluding hydrogens is 555 g/mol. The number of hydrogen-bond acceptors (Lipinski definition) is 8. The van der Waals surface area contributed by atoms with Crippen molar-refractivity contribution < 1.29 is 14.2 Å². The normalized spacial score (nSPS) is 12.0. The van der Waals surface area contributed by atoms with Gasteiger partial charge in [-0.2, -0.15) is 0 Å². The van der Waals surface area contributed by atoms with E-state index in [1.165, 1.54) is 22.2 Å². The van der Waals surface area contributed by atoms with E-state index in [-0.39, 0.29) is 0 Å². The quantitative estimate of drug-likeness (QED) is 0.177. The van der Waals surface area contributed by atoms with Crippen LogP contribution >= 0.6 is 34.4 Å². The van der Waals surface area contributed by atoms with Crippen LogP contribution in [0, 0.1) is 0 Å². The van der Waals surface area contributed by atoms with Crippen molar-refractivity contribution in [3.63, 3.8) is 0 Å². The molecule has 164 valence electrons. The van der Waals surface area contributed by atoms with E-state index in [1.54, 1.807) is 21.3 Å². The molecule has 4 aromatic rings. The van der Waals surface area contributed by atoms with Crippen molar-refractivity contribution in [2.45, 2.75) is 14.8 Å². The second kappa shape index (κ2) is 10.3. The van der Waals surface area contributed by atoms with E-state index in [9.17, 15) is 0 Å². The van der Waals surface area contributed by atoms with E-state index in [0.717, 1.165) is 26.5 Å². The number of ether oxygens (including phenoxy) is 3. The summed E-state index contributed by atoms with van der Waals surface area (Å²) in [6.07, 6.45) is 0. The van der Waals surface area contributed by atoms with Crippen LogP contribution in [0.25, 0.3) is 31.9 Å². The molecule has 3 heterocycles. The molecule has 0 unspecified atom stereocenters. The van der Waals surface area contributed by atoms with Gasteiger partial charge in [-0.3, -0.25) is 0 Å². The number of rotatable bonds is 10. The summed E-state index contributed by atoms with van der Waals surface area (Å²) in [6, 6.07) is 13.0. The Bertz CT molecular complexity index is 1150. The molecular formula is C22H26N2O3S3Sn. The van der Waals surface area contributed by atoms with Crippen LogP contribution < -0.4 is 7.63 Å². The first-order valence-electron chi connectivity index (χ1n) is 10.1. The third-order valence-electron chi connectivity index (χ3n) is 4.78. The van der Waals surface area contributed by atoms with Crippen LogP contribution in [-0.2, 0) is 9.47 Å². The van der Waals surface area contributed by atoms with E-state index in [4.69, 9.17) is 14.2 Å². The molecule has 4 rings (SSSR count).